The highest BCUT2D eigenvalue weighted by molar-refractivity contribution is 7.15. The van der Waals surface area contributed by atoms with Gasteiger partial charge in [0.25, 0.3) is 0 Å². The highest BCUT2D eigenvalue weighted by Gasteiger charge is 2.14. The van der Waals surface area contributed by atoms with E-state index in [1.54, 1.807) is 38.1 Å². The summed E-state index contributed by atoms with van der Waals surface area (Å²) in [6, 6.07) is 6.31. The van der Waals surface area contributed by atoms with E-state index in [4.69, 9.17) is 10.5 Å². The van der Waals surface area contributed by atoms with E-state index in [1.165, 1.54) is 11.3 Å². The number of anilines is 2. The number of esters is 1. The van der Waals surface area contributed by atoms with E-state index in [0.717, 1.165) is 5.56 Å². The Balaban J connectivity index is 1.86. The van der Waals surface area contributed by atoms with Gasteiger partial charge in [0.05, 0.1) is 19.1 Å². The lowest BCUT2D eigenvalue weighted by atomic mass is 10.1. The third kappa shape index (κ3) is 5.20. The number of benzene rings is 1. The van der Waals surface area contributed by atoms with Gasteiger partial charge in [-0.3, -0.25) is 4.79 Å². The Bertz CT molecular complexity index is 701. The summed E-state index contributed by atoms with van der Waals surface area (Å²) in [5.74, 6) is -0.277. The Morgan fingerprint density at radius 1 is 1.29 bits per heavy atom. The van der Waals surface area contributed by atoms with Crippen molar-refractivity contribution >= 4 is 34.2 Å². The van der Waals surface area contributed by atoms with Gasteiger partial charge in [0, 0.05) is 5.69 Å². The molecule has 8 nitrogen and oxygen atoms in total. The van der Waals surface area contributed by atoms with Crippen molar-refractivity contribution in [2.24, 2.45) is 0 Å². The van der Waals surface area contributed by atoms with Crippen molar-refractivity contribution in [1.29, 1.82) is 0 Å². The quantitative estimate of drug-likeness (QED) is 0.687. The Kier molecular flexibility index (Phi) is 6.07. The second-order valence-corrected chi connectivity index (χ2v) is 6.02. The number of urea groups is 1. The first-order valence-electron chi connectivity index (χ1n) is 7.39. The standard InChI is InChI=1S/C15H19N5O3S/c1-3-23-12(21)8-10-4-6-11(7-5-10)18-15(22)17-9(2)13-19-20-14(16)24-13/h4-7,9H,3,8H2,1-2H3,(H2,16,20)(H2,17,18,22)/t9-/m0/s1. The Hall–Kier alpha value is -2.68. The molecule has 1 atom stereocenters. The van der Waals surface area contributed by atoms with Crippen molar-refractivity contribution in [2.75, 3.05) is 17.7 Å². The van der Waals surface area contributed by atoms with Crippen molar-refractivity contribution < 1.29 is 14.3 Å². The van der Waals surface area contributed by atoms with E-state index < -0.39 is 0 Å². The number of hydrogen-bond donors (Lipinski definition) is 3. The van der Waals surface area contributed by atoms with Crippen LogP contribution in [0.2, 0.25) is 0 Å². The largest absolute Gasteiger partial charge is 0.466 e. The first kappa shape index (κ1) is 17.7. The fraction of sp³-hybridized carbons (Fsp3) is 0.333. The van der Waals surface area contributed by atoms with Crippen LogP contribution in [-0.4, -0.2) is 28.8 Å². The van der Waals surface area contributed by atoms with Gasteiger partial charge >= 0.3 is 12.0 Å². The van der Waals surface area contributed by atoms with Gasteiger partial charge in [-0.1, -0.05) is 23.5 Å². The molecule has 0 aliphatic carbocycles. The van der Waals surface area contributed by atoms with Gasteiger partial charge in [-0.2, -0.15) is 0 Å². The van der Waals surface area contributed by atoms with Crippen molar-refractivity contribution in [2.45, 2.75) is 26.3 Å². The lowest BCUT2D eigenvalue weighted by Gasteiger charge is -2.12. The second-order valence-electron chi connectivity index (χ2n) is 4.98. The summed E-state index contributed by atoms with van der Waals surface area (Å²) in [5.41, 5.74) is 6.95. The average molecular weight is 349 g/mol. The molecule has 1 heterocycles. The third-order valence-corrected chi connectivity index (χ3v) is 3.98. The fourth-order valence-electron chi connectivity index (χ4n) is 1.93. The van der Waals surface area contributed by atoms with Gasteiger partial charge in [-0.05, 0) is 31.5 Å². The molecular formula is C15H19N5O3S. The Morgan fingerprint density at radius 2 is 2.00 bits per heavy atom. The summed E-state index contributed by atoms with van der Waals surface area (Å²) in [4.78, 5) is 23.4. The minimum atomic E-state index is -0.366. The fourth-order valence-corrected chi connectivity index (χ4v) is 2.54. The zero-order chi connectivity index (χ0) is 17.5. The maximum atomic E-state index is 12.0. The molecule has 1 aromatic heterocycles. The number of aromatic nitrogens is 2. The molecule has 1 aromatic carbocycles. The summed E-state index contributed by atoms with van der Waals surface area (Å²) in [6.45, 7) is 3.92. The number of nitrogen functional groups attached to an aromatic ring is 1. The third-order valence-electron chi connectivity index (χ3n) is 3.04. The molecule has 9 heteroatoms. The lowest BCUT2D eigenvalue weighted by Crippen LogP contribution is -2.31. The molecule has 0 saturated heterocycles. The van der Waals surface area contributed by atoms with Crippen LogP contribution in [0.1, 0.15) is 30.5 Å². The number of carbonyl (C=O) groups is 2. The molecule has 0 unspecified atom stereocenters. The molecule has 0 bridgehead atoms. The van der Waals surface area contributed by atoms with E-state index in [1.807, 2.05) is 0 Å². The molecule has 2 rings (SSSR count). The van der Waals surface area contributed by atoms with Crippen LogP contribution >= 0.6 is 11.3 Å². The number of amides is 2. The predicted octanol–water partition coefficient (Wildman–Crippen LogP) is 2.11. The second kappa shape index (κ2) is 8.25. The van der Waals surface area contributed by atoms with Gasteiger partial charge in [0.2, 0.25) is 5.13 Å². The van der Waals surface area contributed by atoms with Gasteiger partial charge in [0.15, 0.2) is 0 Å². The monoisotopic (exact) mass is 349 g/mol. The van der Waals surface area contributed by atoms with E-state index >= 15 is 0 Å². The molecule has 4 N–H and O–H groups in total. The van der Waals surface area contributed by atoms with E-state index in [0.29, 0.717) is 22.4 Å². The maximum Gasteiger partial charge on any atom is 0.319 e. The van der Waals surface area contributed by atoms with Crippen molar-refractivity contribution in [3.8, 4) is 0 Å². The number of nitrogens with zero attached hydrogens (tertiary/aromatic N) is 2. The van der Waals surface area contributed by atoms with Gasteiger partial charge in [-0.25, -0.2) is 4.79 Å². The number of nitrogens with one attached hydrogen (secondary N) is 2. The number of ether oxygens (including phenoxy) is 1. The summed E-state index contributed by atoms with van der Waals surface area (Å²) in [6.07, 6.45) is 0.204. The highest BCUT2D eigenvalue weighted by Crippen LogP contribution is 2.19. The minimum absolute atomic E-state index is 0.204. The minimum Gasteiger partial charge on any atom is -0.466 e. The van der Waals surface area contributed by atoms with Gasteiger partial charge in [-0.15, -0.1) is 10.2 Å². The lowest BCUT2D eigenvalue weighted by molar-refractivity contribution is -0.142. The van der Waals surface area contributed by atoms with E-state index in [9.17, 15) is 9.59 Å². The van der Waals surface area contributed by atoms with Crippen molar-refractivity contribution in [3.63, 3.8) is 0 Å². The Labute approximate surface area is 143 Å². The molecule has 0 aliphatic rings. The number of rotatable bonds is 6. The molecule has 24 heavy (non-hydrogen) atoms. The number of hydrogen-bond acceptors (Lipinski definition) is 7. The molecule has 0 spiro atoms. The molecule has 0 radical (unpaired) electrons. The average Bonchev–Trinajstić information content (AvgIpc) is 2.96. The van der Waals surface area contributed by atoms with Crippen molar-refractivity contribution in [3.05, 3.63) is 34.8 Å². The van der Waals surface area contributed by atoms with Crippen LogP contribution in [0.25, 0.3) is 0 Å². The predicted molar refractivity (Wildman–Crippen MR) is 91.7 cm³/mol. The van der Waals surface area contributed by atoms with Crippen LogP contribution in [0, 0.1) is 0 Å². The van der Waals surface area contributed by atoms with Crippen molar-refractivity contribution in [1.82, 2.24) is 15.5 Å². The smallest absolute Gasteiger partial charge is 0.319 e. The van der Waals surface area contributed by atoms with Crippen LogP contribution in [0.5, 0.6) is 0 Å². The molecule has 2 amide bonds. The summed E-state index contributed by atoms with van der Waals surface area (Å²) >= 11 is 1.22. The number of carbonyl (C=O) groups excluding carboxylic acids is 2. The molecule has 0 saturated carbocycles. The first-order chi connectivity index (χ1) is 11.5. The Morgan fingerprint density at radius 3 is 2.58 bits per heavy atom. The summed E-state index contributed by atoms with van der Waals surface area (Å²) in [7, 11) is 0. The normalized spacial score (nSPS) is 11.6. The van der Waals surface area contributed by atoms with Crippen LogP contribution in [0.15, 0.2) is 24.3 Å². The SMILES string of the molecule is CCOC(=O)Cc1ccc(NC(=O)N[C@@H](C)c2nnc(N)s2)cc1. The summed E-state index contributed by atoms with van der Waals surface area (Å²) < 4.78 is 4.89. The van der Waals surface area contributed by atoms with Crippen LogP contribution in [-0.2, 0) is 16.0 Å². The molecule has 0 fully saturated rings. The zero-order valence-corrected chi connectivity index (χ0v) is 14.2. The molecule has 0 aliphatic heterocycles. The van der Waals surface area contributed by atoms with Crippen LogP contribution in [0.4, 0.5) is 15.6 Å². The molecular weight excluding hydrogens is 330 g/mol. The van der Waals surface area contributed by atoms with E-state index in [2.05, 4.69) is 20.8 Å². The highest BCUT2D eigenvalue weighted by atomic mass is 32.1. The van der Waals surface area contributed by atoms with Crippen LogP contribution < -0.4 is 16.4 Å². The summed E-state index contributed by atoms with van der Waals surface area (Å²) in [5, 5.41) is 14.1. The number of nitrogens with two attached hydrogens (primary N) is 1. The van der Waals surface area contributed by atoms with Gasteiger partial charge < -0.3 is 21.1 Å². The first-order valence-corrected chi connectivity index (χ1v) is 8.20. The topological polar surface area (TPSA) is 119 Å². The molecule has 128 valence electrons. The van der Waals surface area contributed by atoms with Crippen LogP contribution in [0.3, 0.4) is 0 Å². The maximum absolute atomic E-state index is 12.0. The van der Waals surface area contributed by atoms with Gasteiger partial charge in [0.1, 0.15) is 5.01 Å². The zero-order valence-electron chi connectivity index (χ0n) is 13.4. The molecule has 2 aromatic rings. The van der Waals surface area contributed by atoms with E-state index in [-0.39, 0.29) is 24.5 Å².